The van der Waals surface area contributed by atoms with Crippen molar-refractivity contribution in [2.24, 2.45) is 0 Å². The predicted octanol–water partition coefficient (Wildman–Crippen LogP) is 2.75. The Labute approximate surface area is 99.7 Å². The van der Waals surface area contributed by atoms with Gasteiger partial charge in [0.2, 0.25) is 0 Å². The van der Waals surface area contributed by atoms with E-state index in [1.54, 1.807) is 24.3 Å². The maximum atomic E-state index is 11.8. The highest BCUT2D eigenvalue weighted by Gasteiger charge is 2.07. The molecule has 0 saturated carbocycles. The molecule has 0 aliphatic rings. The van der Waals surface area contributed by atoms with Gasteiger partial charge in [0, 0.05) is 5.56 Å². The number of hydrogen-bond donors (Lipinski definition) is 2. The maximum Gasteiger partial charge on any atom is 0.255 e. The van der Waals surface area contributed by atoms with E-state index >= 15 is 0 Å². The monoisotopic (exact) mass is 226 g/mol. The van der Waals surface area contributed by atoms with Crippen LogP contribution in [0.1, 0.15) is 15.9 Å². The molecular formula is C14H12NO2. The van der Waals surface area contributed by atoms with E-state index in [1.807, 2.05) is 19.1 Å². The first-order chi connectivity index (χ1) is 8.16. The minimum Gasteiger partial charge on any atom is -0.506 e. The number of hydrogen-bond acceptors (Lipinski definition) is 2. The SMILES string of the molecule is Cc1ccc(C(=O)Nc2cc[c]cc2O)cc1. The summed E-state index contributed by atoms with van der Waals surface area (Å²) in [7, 11) is 0. The minimum atomic E-state index is -0.244. The number of aryl methyl sites for hydroxylation is 1. The lowest BCUT2D eigenvalue weighted by Crippen LogP contribution is -2.11. The molecule has 0 fully saturated rings. The second-order valence-corrected chi connectivity index (χ2v) is 3.76. The van der Waals surface area contributed by atoms with Crippen molar-refractivity contribution in [1.82, 2.24) is 0 Å². The molecule has 0 heterocycles. The first-order valence-electron chi connectivity index (χ1n) is 5.24. The van der Waals surface area contributed by atoms with Crippen LogP contribution in [0.4, 0.5) is 5.69 Å². The molecule has 2 aromatic carbocycles. The minimum absolute atomic E-state index is 0.00737. The molecule has 2 aromatic rings. The molecule has 0 saturated heterocycles. The van der Waals surface area contributed by atoms with E-state index in [9.17, 15) is 9.90 Å². The zero-order chi connectivity index (χ0) is 12.3. The van der Waals surface area contributed by atoms with E-state index in [1.165, 1.54) is 6.07 Å². The van der Waals surface area contributed by atoms with Gasteiger partial charge in [-0.25, -0.2) is 0 Å². The average Bonchev–Trinajstić information content (AvgIpc) is 2.33. The van der Waals surface area contributed by atoms with Crippen LogP contribution in [0.15, 0.2) is 42.5 Å². The van der Waals surface area contributed by atoms with Crippen molar-refractivity contribution >= 4 is 11.6 Å². The molecule has 1 amide bonds. The maximum absolute atomic E-state index is 11.8. The molecule has 0 bridgehead atoms. The summed E-state index contributed by atoms with van der Waals surface area (Å²) in [6.45, 7) is 1.96. The van der Waals surface area contributed by atoms with Crippen LogP contribution in [-0.4, -0.2) is 11.0 Å². The van der Waals surface area contributed by atoms with E-state index in [0.29, 0.717) is 11.3 Å². The Morgan fingerprint density at radius 1 is 1.24 bits per heavy atom. The topological polar surface area (TPSA) is 49.3 Å². The number of carbonyl (C=O) groups is 1. The van der Waals surface area contributed by atoms with Gasteiger partial charge in [-0.15, -0.1) is 0 Å². The van der Waals surface area contributed by atoms with Gasteiger partial charge in [-0.05, 0) is 37.3 Å². The lowest BCUT2D eigenvalue weighted by molar-refractivity contribution is 0.102. The lowest BCUT2D eigenvalue weighted by Gasteiger charge is -2.06. The second kappa shape index (κ2) is 4.70. The summed E-state index contributed by atoms with van der Waals surface area (Å²) >= 11 is 0. The van der Waals surface area contributed by atoms with Crippen LogP contribution in [0.25, 0.3) is 0 Å². The summed E-state index contributed by atoms with van der Waals surface area (Å²) in [5, 5.41) is 12.1. The Morgan fingerprint density at radius 3 is 2.59 bits per heavy atom. The molecule has 0 aliphatic heterocycles. The van der Waals surface area contributed by atoms with Crippen molar-refractivity contribution in [3.8, 4) is 5.75 Å². The van der Waals surface area contributed by atoms with Crippen LogP contribution in [0, 0.1) is 13.0 Å². The van der Waals surface area contributed by atoms with Gasteiger partial charge < -0.3 is 10.4 Å². The third-order valence-corrected chi connectivity index (χ3v) is 2.40. The smallest absolute Gasteiger partial charge is 0.255 e. The fraction of sp³-hybridized carbons (Fsp3) is 0.0714. The number of amides is 1. The third kappa shape index (κ3) is 2.64. The van der Waals surface area contributed by atoms with Crippen LogP contribution in [-0.2, 0) is 0 Å². The molecule has 2 rings (SSSR count). The standard InChI is InChI=1S/C14H12NO2/c1-10-6-8-11(9-7-10)14(17)15-12-4-2-3-5-13(12)16/h2,4-9,16H,1H3,(H,15,17). The Hall–Kier alpha value is -2.29. The highest BCUT2D eigenvalue weighted by atomic mass is 16.3. The van der Waals surface area contributed by atoms with Crippen molar-refractivity contribution in [2.75, 3.05) is 5.32 Å². The van der Waals surface area contributed by atoms with E-state index in [2.05, 4.69) is 11.4 Å². The van der Waals surface area contributed by atoms with Gasteiger partial charge in [0.15, 0.2) is 0 Å². The number of phenolic OH excluding ortho intramolecular Hbond substituents is 1. The lowest BCUT2D eigenvalue weighted by atomic mass is 10.1. The van der Waals surface area contributed by atoms with E-state index in [4.69, 9.17) is 0 Å². The largest absolute Gasteiger partial charge is 0.506 e. The number of anilines is 1. The summed E-state index contributed by atoms with van der Waals surface area (Å²) in [6.07, 6.45) is 0. The van der Waals surface area contributed by atoms with Crippen molar-refractivity contribution in [3.05, 3.63) is 59.7 Å². The normalized spacial score (nSPS) is 9.94. The molecule has 17 heavy (non-hydrogen) atoms. The van der Waals surface area contributed by atoms with E-state index in [0.717, 1.165) is 5.56 Å². The Morgan fingerprint density at radius 2 is 1.94 bits per heavy atom. The highest BCUT2D eigenvalue weighted by Crippen LogP contribution is 2.21. The van der Waals surface area contributed by atoms with Crippen molar-refractivity contribution < 1.29 is 9.90 Å². The molecule has 0 atom stereocenters. The van der Waals surface area contributed by atoms with E-state index < -0.39 is 0 Å². The quantitative estimate of drug-likeness (QED) is 0.773. The van der Waals surface area contributed by atoms with Crippen LogP contribution in [0.3, 0.4) is 0 Å². The van der Waals surface area contributed by atoms with Gasteiger partial charge in [-0.1, -0.05) is 23.8 Å². The average molecular weight is 226 g/mol. The van der Waals surface area contributed by atoms with Crippen LogP contribution >= 0.6 is 0 Å². The molecule has 0 unspecified atom stereocenters. The Kier molecular flexibility index (Phi) is 3.10. The summed E-state index contributed by atoms with van der Waals surface area (Å²) in [4.78, 5) is 11.8. The van der Waals surface area contributed by atoms with Gasteiger partial charge in [0.05, 0.1) is 5.69 Å². The molecule has 1 radical (unpaired) electrons. The molecule has 0 aromatic heterocycles. The molecule has 85 valence electrons. The van der Waals surface area contributed by atoms with Gasteiger partial charge in [0.25, 0.3) is 5.91 Å². The first-order valence-corrected chi connectivity index (χ1v) is 5.24. The van der Waals surface area contributed by atoms with Crippen LogP contribution in [0.5, 0.6) is 5.75 Å². The number of nitrogens with one attached hydrogen (secondary N) is 1. The molecular weight excluding hydrogens is 214 g/mol. The zero-order valence-corrected chi connectivity index (χ0v) is 9.40. The summed E-state index contributed by atoms with van der Waals surface area (Å²) < 4.78 is 0. The predicted molar refractivity (Wildman–Crippen MR) is 66.1 cm³/mol. The third-order valence-electron chi connectivity index (χ3n) is 2.40. The Bertz CT molecular complexity index is 532. The number of rotatable bonds is 2. The number of benzene rings is 2. The number of carbonyl (C=O) groups excluding carboxylic acids is 1. The van der Waals surface area contributed by atoms with Crippen molar-refractivity contribution in [1.29, 1.82) is 0 Å². The summed E-state index contributed by atoms with van der Waals surface area (Å²) in [6, 6.07) is 14.6. The van der Waals surface area contributed by atoms with Gasteiger partial charge >= 0.3 is 0 Å². The van der Waals surface area contributed by atoms with Crippen molar-refractivity contribution in [2.45, 2.75) is 6.92 Å². The molecule has 3 heteroatoms. The zero-order valence-electron chi connectivity index (χ0n) is 9.40. The second-order valence-electron chi connectivity index (χ2n) is 3.76. The van der Waals surface area contributed by atoms with Crippen molar-refractivity contribution in [3.63, 3.8) is 0 Å². The summed E-state index contributed by atoms with van der Waals surface area (Å²) in [5.74, 6) is -0.237. The van der Waals surface area contributed by atoms with Crippen LogP contribution in [0.2, 0.25) is 0 Å². The molecule has 0 aliphatic carbocycles. The highest BCUT2D eigenvalue weighted by molar-refractivity contribution is 6.04. The van der Waals surface area contributed by atoms with Gasteiger partial charge in [-0.2, -0.15) is 0 Å². The molecule has 3 nitrogen and oxygen atoms in total. The summed E-state index contributed by atoms with van der Waals surface area (Å²) in [5.41, 5.74) is 2.04. The fourth-order valence-corrected chi connectivity index (χ4v) is 1.43. The number of phenols is 1. The van der Waals surface area contributed by atoms with Gasteiger partial charge in [-0.3, -0.25) is 4.79 Å². The van der Waals surface area contributed by atoms with Gasteiger partial charge in [0.1, 0.15) is 5.75 Å². The van der Waals surface area contributed by atoms with E-state index in [-0.39, 0.29) is 11.7 Å². The Balaban J connectivity index is 2.17. The molecule has 0 spiro atoms. The first kappa shape index (κ1) is 11.2. The fourth-order valence-electron chi connectivity index (χ4n) is 1.43. The molecule has 2 N–H and O–H groups in total. The van der Waals surface area contributed by atoms with Crippen LogP contribution < -0.4 is 5.32 Å². The number of aromatic hydroxyl groups is 1.